The summed E-state index contributed by atoms with van der Waals surface area (Å²) in [6.45, 7) is 4.30. The molecule has 0 heterocycles. The summed E-state index contributed by atoms with van der Waals surface area (Å²) in [5, 5.41) is 0.709. The van der Waals surface area contributed by atoms with Crippen LogP contribution in [0, 0.1) is 5.92 Å². The van der Waals surface area contributed by atoms with Gasteiger partial charge in [-0.3, -0.25) is 0 Å². The number of nitrogens with two attached hydrogens (primary N) is 1. The Hall–Kier alpha value is -0.890. The van der Waals surface area contributed by atoms with E-state index in [1.807, 2.05) is 18.2 Å². The summed E-state index contributed by atoms with van der Waals surface area (Å²) in [7, 11) is 0. The van der Waals surface area contributed by atoms with Crippen molar-refractivity contribution in [2.45, 2.75) is 26.2 Å². The zero-order valence-corrected chi connectivity index (χ0v) is 10.5. The average Bonchev–Trinajstić information content (AvgIpc) is 2.18. The van der Waals surface area contributed by atoms with Gasteiger partial charge in [0.1, 0.15) is 0 Å². The van der Waals surface area contributed by atoms with Crippen molar-refractivity contribution >= 4 is 23.0 Å². The van der Waals surface area contributed by atoms with E-state index >= 15 is 0 Å². The summed E-state index contributed by atoms with van der Waals surface area (Å²) in [5.41, 5.74) is 7.92. The minimum Gasteiger partial charge on any atom is -0.397 e. The summed E-state index contributed by atoms with van der Waals surface area (Å²) >= 11 is 5.91. The second kappa shape index (κ2) is 4.96. The molecule has 0 radical (unpaired) electrons. The van der Waals surface area contributed by atoms with Gasteiger partial charge in [-0.15, -0.1) is 0 Å². The summed E-state index contributed by atoms with van der Waals surface area (Å²) in [6.07, 6.45) is 4.12. The monoisotopic (exact) mass is 238 g/mol. The largest absolute Gasteiger partial charge is 0.397 e. The molecule has 1 saturated carbocycles. The molecule has 0 amide bonds. The molecule has 1 aliphatic carbocycles. The predicted molar refractivity (Wildman–Crippen MR) is 71.1 cm³/mol. The molecule has 2 rings (SSSR count). The third-order valence-electron chi connectivity index (χ3n) is 3.42. The number of benzene rings is 1. The van der Waals surface area contributed by atoms with Crippen LogP contribution < -0.4 is 10.6 Å². The molecule has 88 valence electrons. The molecule has 0 spiro atoms. The van der Waals surface area contributed by atoms with E-state index in [1.54, 1.807) is 0 Å². The van der Waals surface area contributed by atoms with E-state index in [1.165, 1.54) is 19.3 Å². The van der Waals surface area contributed by atoms with Crippen LogP contribution in [0.2, 0.25) is 5.02 Å². The normalized spacial score (nSPS) is 15.9. The molecule has 0 bridgehead atoms. The van der Waals surface area contributed by atoms with Crippen LogP contribution in [-0.2, 0) is 0 Å². The van der Waals surface area contributed by atoms with Crippen molar-refractivity contribution in [3.8, 4) is 0 Å². The second-order valence-corrected chi connectivity index (χ2v) is 4.98. The molecular weight excluding hydrogens is 220 g/mol. The zero-order valence-electron chi connectivity index (χ0n) is 9.75. The number of rotatable bonds is 4. The van der Waals surface area contributed by atoms with E-state index in [4.69, 9.17) is 17.3 Å². The van der Waals surface area contributed by atoms with Gasteiger partial charge in [0.15, 0.2) is 0 Å². The Morgan fingerprint density at radius 1 is 1.44 bits per heavy atom. The van der Waals surface area contributed by atoms with Gasteiger partial charge in [0.25, 0.3) is 0 Å². The van der Waals surface area contributed by atoms with Crippen molar-refractivity contribution < 1.29 is 0 Å². The highest BCUT2D eigenvalue weighted by atomic mass is 35.5. The van der Waals surface area contributed by atoms with Crippen LogP contribution >= 0.6 is 11.6 Å². The lowest BCUT2D eigenvalue weighted by Crippen LogP contribution is -2.32. The summed E-state index contributed by atoms with van der Waals surface area (Å²) in [4.78, 5) is 2.36. The number of anilines is 2. The van der Waals surface area contributed by atoms with Crippen LogP contribution in [0.25, 0.3) is 0 Å². The van der Waals surface area contributed by atoms with Gasteiger partial charge in [-0.25, -0.2) is 0 Å². The molecule has 0 unspecified atom stereocenters. The quantitative estimate of drug-likeness (QED) is 0.813. The second-order valence-electron chi connectivity index (χ2n) is 4.54. The Kier molecular flexibility index (Phi) is 3.59. The van der Waals surface area contributed by atoms with Crippen molar-refractivity contribution in [1.82, 2.24) is 0 Å². The molecule has 16 heavy (non-hydrogen) atoms. The molecule has 0 aromatic heterocycles. The lowest BCUT2D eigenvalue weighted by molar-refractivity contribution is 0.318. The standard InChI is InChI=1S/C13H19ClN2/c1-2-16(9-10-4-3-5-10)13-7-6-11(14)8-12(13)15/h6-8,10H,2-5,9,15H2,1H3. The van der Waals surface area contributed by atoms with Crippen molar-refractivity contribution in [2.24, 2.45) is 5.92 Å². The zero-order chi connectivity index (χ0) is 11.5. The van der Waals surface area contributed by atoms with Crippen LogP contribution in [0.5, 0.6) is 0 Å². The molecule has 2 nitrogen and oxygen atoms in total. The van der Waals surface area contributed by atoms with Crippen molar-refractivity contribution in [3.05, 3.63) is 23.2 Å². The van der Waals surface area contributed by atoms with Crippen molar-refractivity contribution in [3.63, 3.8) is 0 Å². The number of nitrogen functional groups attached to an aromatic ring is 1. The van der Waals surface area contributed by atoms with E-state index in [2.05, 4.69) is 11.8 Å². The summed E-state index contributed by atoms with van der Waals surface area (Å²) in [6, 6.07) is 5.77. The molecule has 2 N–H and O–H groups in total. The Bertz CT molecular complexity index is 361. The van der Waals surface area contributed by atoms with Crippen LogP contribution in [0.4, 0.5) is 11.4 Å². The highest BCUT2D eigenvalue weighted by molar-refractivity contribution is 6.31. The van der Waals surface area contributed by atoms with E-state index in [-0.39, 0.29) is 0 Å². The average molecular weight is 239 g/mol. The highest BCUT2D eigenvalue weighted by Gasteiger charge is 2.21. The Morgan fingerprint density at radius 3 is 2.69 bits per heavy atom. The molecule has 1 aromatic rings. The third kappa shape index (κ3) is 2.43. The molecule has 1 aliphatic rings. The molecule has 0 atom stereocenters. The first kappa shape index (κ1) is 11.6. The SMILES string of the molecule is CCN(CC1CCC1)c1ccc(Cl)cc1N. The first-order chi connectivity index (χ1) is 7.70. The fourth-order valence-corrected chi connectivity index (χ4v) is 2.38. The molecule has 1 aromatic carbocycles. The minimum atomic E-state index is 0.709. The topological polar surface area (TPSA) is 29.3 Å². The van der Waals surface area contributed by atoms with Gasteiger partial charge < -0.3 is 10.6 Å². The van der Waals surface area contributed by atoms with Gasteiger partial charge >= 0.3 is 0 Å². The lowest BCUT2D eigenvalue weighted by Gasteiger charge is -2.33. The first-order valence-corrected chi connectivity index (χ1v) is 6.38. The Morgan fingerprint density at radius 2 is 2.19 bits per heavy atom. The van der Waals surface area contributed by atoms with E-state index < -0.39 is 0 Å². The number of hydrogen-bond acceptors (Lipinski definition) is 2. The van der Waals surface area contributed by atoms with Crippen LogP contribution in [0.15, 0.2) is 18.2 Å². The Balaban J connectivity index is 2.11. The van der Waals surface area contributed by atoms with Gasteiger partial charge in [-0.1, -0.05) is 18.0 Å². The van der Waals surface area contributed by atoms with Crippen LogP contribution in [0.1, 0.15) is 26.2 Å². The van der Waals surface area contributed by atoms with Gasteiger partial charge in [0.05, 0.1) is 11.4 Å². The smallest absolute Gasteiger partial charge is 0.0600 e. The molecule has 3 heteroatoms. The number of hydrogen-bond donors (Lipinski definition) is 1. The van der Waals surface area contributed by atoms with Gasteiger partial charge in [0.2, 0.25) is 0 Å². The van der Waals surface area contributed by atoms with E-state index in [0.717, 1.165) is 30.4 Å². The van der Waals surface area contributed by atoms with Crippen LogP contribution in [0.3, 0.4) is 0 Å². The van der Waals surface area contributed by atoms with Crippen molar-refractivity contribution in [2.75, 3.05) is 23.7 Å². The Labute approximate surface area is 102 Å². The van der Waals surface area contributed by atoms with E-state index in [0.29, 0.717) is 5.02 Å². The third-order valence-corrected chi connectivity index (χ3v) is 3.65. The van der Waals surface area contributed by atoms with Gasteiger partial charge in [-0.05, 0) is 43.9 Å². The molecule has 0 aliphatic heterocycles. The predicted octanol–water partition coefficient (Wildman–Crippen LogP) is 3.55. The summed E-state index contributed by atoms with van der Waals surface area (Å²) < 4.78 is 0. The number of halogens is 1. The summed E-state index contributed by atoms with van der Waals surface area (Å²) in [5.74, 6) is 0.857. The van der Waals surface area contributed by atoms with Crippen molar-refractivity contribution in [1.29, 1.82) is 0 Å². The maximum Gasteiger partial charge on any atom is 0.0600 e. The number of nitrogens with zero attached hydrogens (tertiary/aromatic N) is 1. The van der Waals surface area contributed by atoms with E-state index in [9.17, 15) is 0 Å². The fraction of sp³-hybridized carbons (Fsp3) is 0.538. The maximum atomic E-state index is 6.01. The van der Waals surface area contributed by atoms with Gasteiger partial charge in [-0.2, -0.15) is 0 Å². The van der Waals surface area contributed by atoms with Crippen LogP contribution in [-0.4, -0.2) is 13.1 Å². The molecule has 1 fully saturated rings. The highest BCUT2D eigenvalue weighted by Crippen LogP contribution is 2.31. The molecule has 0 saturated heterocycles. The molecular formula is C13H19ClN2. The fourth-order valence-electron chi connectivity index (χ4n) is 2.20. The lowest BCUT2D eigenvalue weighted by atomic mass is 9.85. The van der Waals surface area contributed by atoms with Gasteiger partial charge in [0, 0.05) is 18.1 Å². The maximum absolute atomic E-state index is 6.01. The first-order valence-electron chi connectivity index (χ1n) is 6.00. The minimum absolute atomic E-state index is 0.709.